The largest absolute Gasteiger partial charge is 0.347 e. The van der Waals surface area contributed by atoms with Crippen molar-refractivity contribution in [2.24, 2.45) is 16.8 Å². The van der Waals surface area contributed by atoms with Crippen molar-refractivity contribution in [1.29, 1.82) is 0 Å². The lowest BCUT2D eigenvalue weighted by molar-refractivity contribution is -0.133. The summed E-state index contributed by atoms with van der Waals surface area (Å²) in [6.07, 6.45) is 6.96. The van der Waals surface area contributed by atoms with E-state index < -0.39 is 6.03 Å². The molecule has 2 heterocycles. The molecule has 1 aromatic heterocycles. The first-order valence-corrected chi connectivity index (χ1v) is 8.12. The van der Waals surface area contributed by atoms with Crippen LogP contribution in [0.1, 0.15) is 25.7 Å². The zero-order chi connectivity index (χ0) is 16.2. The summed E-state index contributed by atoms with van der Waals surface area (Å²) in [7, 11) is 0. The molecule has 0 aromatic carbocycles. The molecule has 1 saturated carbocycles. The van der Waals surface area contributed by atoms with E-state index >= 15 is 0 Å². The summed E-state index contributed by atoms with van der Waals surface area (Å²) >= 11 is 5.73. The summed E-state index contributed by atoms with van der Waals surface area (Å²) in [5.74, 6) is 0.708. The third kappa shape index (κ3) is 4.48. The number of aliphatic imine (C=N–C) groups is 1. The van der Waals surface area contributed by atoms with Gasteiger partial charge in [0.2, 0.25) is 11.9 Å². The Hall–Kier alpha value is -2.02. The van der Waals surface area contributed by atoms with E-state index in [1.54, 1.807) is 6.21 Å². The number of rotatable bonds is 3. The van der Waals surface area contributed by atoms with Gasteiger partial charge in [-0.25, -0.2) is 19.8 Å². The van der Waals surface area contributed by atoms with Crippen LogP contribution in [0.2, 0.25) is 5.15 Å². The minimum atomic E-state index is -0.544. The first-order chi connectivity index (χ1) is 11.1. The number of halogens is 1. The lowest BCUT2D eigenvalue weighted by atomic mass is 9.99. The molecule has 23 heavy (non-hydrogen) atoms. The van der Waals surface area contributed by atoms with Gasteiger partial charge in [0.05, 0.1) is 0 Å². The number of hydrogen-bond acceptors (Lipinski definition) is 4. The van der Waals surface area contributed by atoms with Crippen molar-refractivity contribution in [3.8, 4) is 0 Å². The standard InChI is InChI=1S/C15H18ClN5O2/c16-12-5-6-17-14(19-12)20-15(23)18-8-10-2-1-7-21(9-10)13(22)11-3-4-11/h5-6,8,10-11H,1-4,7,9H2,(H,17,19,20,23)/b18-8+. The number of aromatic nitrogens is 2. The normalized spacial score (nSPS) is 21.4. The van der Waals surface area contributed by atoms with E-state index in [1.807, 2.05) is 4.90 Å². The average molecular weight is 336 g/mol. The highest BCUT2D eigenvalue weighted by atomic mass is 35.5. The van der Waals surface area contributed by atoms with Crippen molar-refractivity contribution in [3.63, 3.8) is 0 Å². The van der Waals surface area contributed by atoms with E-state index in [2.05, 4.69) is 20.3 Å². The van der Waals surface area contributed by atoms with Crippen LogP contribution in [0, 0.1) is 11.8 Å². The van der Waals surface area contributed by atoms with Crippen LogP contribution in [-0.4, -0.2) is 46.1 Å². The number of carbonyl (C=O) groups excluding carboxylic acids is 2. The Morgan fingerprint density at radius 3 is 2.96 bits per heavy atom. The van der Waals surface area contributed by atoms with Gasteiger partial charge in [0.1, 0.15) is 5.15 Å². The number of likely N-dealkylation sites (tertiary alicyclic amines) is 1. The van der Waals surface area contributed by atoms with Crippen LogP contribution >= 0.6 is 11.6 Å². The molecule has 1 unspecified atom stereocenters. The van der Waals surface area contributed by atoms with Crippen molar-refractivity contribution in [3.05, 3.63) is 17.4 Å². The van der Waals surface area contributed by atoms with E-state index in [9.17, 15) is 9.59 Å². The fraction of sp³-hybridized carbons (Fsp3) is 0.533. The minimum Gasteiger partial charge on any atom is -0.342 e. The molecule has 3 rings (SSSR count). The summed E-state index contributed by atoms with van der Waals surface area (Å²) in [4.78, 5) is 37.4. The van der Waals surface area contributed by atoms with E-state index in [4.69, 9.17) is 11.6 Å². The molecule has 0 bridgehead atoms. The van der Waals surface area contributed by atoms with Crippen molar-refractivity contribution in [1.82, 2.24) is 14.9 Å². The first kappa shape index (κ1) is 15.9. The molecular weight excluding hydrogens is 318 g/mol. The molecule has 1 N–H and O–H groups in total. The number of nitrogens with one attached hydrogen (secondary N) is 1. The highest BCUT2D eigenvalue weighted by molar-refractivity contribution is 6.29. The quantitative estimate of drug-likeness (QED) is 0.678. The van der Waals surface area contributed by atoms with Crippen molar-refractivity contribution in [2.45, 2.75) is 25.7 Å². The van der Waals surface area contributed by atoms with Gasteiger partial charge in [-0.1, -0.05) is 11.6 Å². The fourth-order valence-corrected chi connectivity index (χ4v) is 2.75. The summed E-state index contributed by atoms with van der Waals surface area (Å²) in [6.45, 7) is 1.45. The van der Waals surface area contributed by atoms with Crippen LogP contribution in [0.15, 0.2) is 17.3 Å². The topological polar surface area (TPSA) is 87.5 Å². The Bertz CT molecular complexity index is 632. The van der Waals surface area contributed by atoms with Crippen LogP contribution < -0.4 is 5.32 Å². The predicted octanol–water partition coefficient (Wildman–Crippen LogP) is 2.38. The van der Waals surface area contributed by atoms with Gasteiger partial charge in [-0.3, -0.25) is 10.1 Å². The third-order valence-corrected chi connectivity index (χ3v) is 4.15. The number of nitrogens with zero attached hydrogens (tertiary/aromatic N) is 4. The summed E-state index contributed by atoms with van der Waals surface area (Å²) in [5.41, 5.74) is 0. The Balaban J connectivity index is 1.52. The van der Waals surface area contributed by atoms with Crippen LogP contribution in [-0.2, 0) is 4.79 Å². The second-order valence-electron chi connectivity index (χ2n) is 5.87. The number of carbonyl (C=O) groups is 2. The number of anilines is 1. The fourth-order valence-electron chi connectivity index (χ4n) is 2.62. The second-order valence-corrected chi connectivity index (χ2v) is 6.26. The molecule has 7 nitrogen and oxygen atoms in total. The Morgan fingerprint density at radius 2 is 2.22 bits per heavy atom. The lowest BCUT2D eigenvalue weighted by Gasteiger charge is -2.31. The van der Waals surface area contributed by atoms with Crippen LogP contribution in [0.25, 0.3) is 0 Å². The first-order valence-electron chi connectivity index (χ1n) is 7.74. The zero-order valence-electron chi connectivity index (χ0n) is 12.6. The maximum atomic E-state index is 12.1. The van der Waals surface area contributed by atoms with Crippen molar-refractivity contribution >= 4 is 35.7 Å². The lowest BCUT2D eigenvalue weighted by Crippen LogP contribution is -2.41. The van der Waals surface area contributed by atoms with Crippen LogP contribution in [0.5, 0.6) is 0 Å². The van der Waals surface area contributed by atoms with Gasteiger partial charge < -0.3 is 4.90 Å². The molecule has 3 amide bonds. The van der Waals surface area contributed by atoms with Gasteiger partial charge in [0.15, 0.2) is 0 Å². The maximum Gasteiger partial charge on any atom is 0.347 e. The third-order valence-electron chi connectivity index (χ3n) is 3.94. The maximum absolute atomic E-state index is 12.1. The van der Waals surface area contributed by atoms with E-state index in [-0.39, 0.29) is 28.8 Å². The molecule has 122 valence electrons. The minimum absolute atomic E-state index is 0.109. The molecule has 1 aromatic rings. The van der Waals surface area contributed by atoms with Crippen LogP contribution in [0.4, 0.5) is 10.7 Å². The number of urea groups is 1. The van der Waals surface area contributed by atoms with E-state index in [0.29, 0.717) is 6.54 Å². The molecule has 1 aliphatic heterocycles. The Kier molecular flexibility index (Phi) is 4.85. The Labute approximate surface area is 139 Å². The molecule has 1 saturated heterocycles. The molecule has 0 radical (unpaired) electrons. The van der Waals surface area contributed by atoms with Gasteiger partial charge in [0.25, 0.3) is 0 Å². The highest BCUT2D eigenvalue weighted by Crippen LogP contribution is 2.32. The van der Waals surface area contributed by atoms with Gasteiger partial charge in [-0.2, -0.15) is 0 Å². The molecule has 2 fully saturated rings. The van der Waals surface area contributed by atoms with Gasteiger partial charge in [0, 0.05) is 37.3 Å². The molecule has 8 heteroatoms. The summed E-state index contributed by atoms with van der Waals surface area (Å²) < 4.78 is 0. The van der Waals surface area contributed by atoms with Gasteiger partial charge in [-0.05, 0) is 31.7 Å². The summed E-state index contributed by atoms with van der Waals surface area (Å²) in [5, 5.41) is 2.71. The smallest absolute Gasteiger partial charge is 0.342 e. The van der Waals surface area contributed by atoms with Gasteiger partial charge in [-0.15, -0.1) is 0 Å². The number of piperidine rings is 1. The molecular formula is C15H18ClN5O2. The monoisotopic (exact) mass is 335 g/mol. The van der Waals surface area contributed by atoms with Gasteiger partial charge >= 0.3 is 6.03 Å². The van der Waals surface area contributed by atoms with E-state index in [0.717, 1.165) is 32.2 Å². The average Bonchev–Trinajstić information content (AvgIpc) is 3.37. The van der Waals surface area contributed by atoms with Crippen molar-refractivity contribution < 1.29 is 9.59 Å². The molecule has 1 aliphatic carbocycles. The van der Waals surface area contributed by atoms with E-state index in [1.165, 1.54) is 12.3 Å². The zero-order valence-corrected chi connectivity index (χ0v) is 13.4. The Morgan fingerprint density at radius 1 is 1.39 bits per heavy atom. The molecule has 0 spiro atoms. The molecule has 2 aliphatic rings. The SMILES string of the molecule is O=C(/N=C/C1CCCN(C(=O)C2CC2)C1)Nc1nccc(Cl)n1. The highest BCUT2D eigenvalue weighted by Gasteiger charge is 2.35. The predicted molar refractivity (Wildman–Crippen MR) is 86.6 cm³/mol. The molecule has 1 atom stereocenters. The number of amides is 3. The van der Waals surface area contributed by atoms with Crippen molar-refractivity contribution in [2.75, 3.05) is 18.4 Å². The number of hydrogen-bond donors (Lipinski definition) is 1. The summed E-state index contributed by atoms with van der Waals surface area (Å²) in [6, 6.07) is 0.978. The second kappa shape index (κ2) is 7.04. The van der Waals surface area contributed by atoms with Crippen LogP contribution in [0.3, 0.4) is 0 Å².